The Morgan fingerprint density at radius 2 is 1.89 bits per heavy atom. The highest BCUT2D eigenvalue weighted by Gasteiger charge is 2.31. The summed E-state index contributed by atoms with van der Waals surface area (Å²) in [5.74, 6) is -0.761. The Balaban J connectivity index is 1.98. The first-order valence-electron chi connectivity index (χ1n) is 7.94. The molecule has 0 spiro atoms. The lowest BCUT2D eigenvalue weighted by atomic mass is 10.2. The van der Waals surface area contributed by atoms with Gasteiger partial charge in [0.2, 0.25) is 0 Å². The van der Waals surface area contributed by atoms with E-state index in [-0.39, 0.29) is 24.0 Å². The predicted molar refractivity (Wildman–Crippen MR) is 98.6 cm³/mol. The molecule has 0 aromatic heterocycles. The Bertz CT molecular complexity index is 812. The first-order chi connectivity index (χ1) is 12.8. The molecular formula is C18H17F3N2O3S. The molecular weight excluding hydrogens is 381 g/mol. The van der Waals surface area contributed by atoms with Gasteiger partial charge < -0.3 is 20.1 Å². The van der Waals surface area contributed by atoms with E-state index in [9.17, 15) is 18.0 Å². The number of benzene rings is 2. The fraction of sp³-hybridized carbons (Fsp3) is 0.222. The third kappa shape index (κ3) is 6.78. The molecule has 0 aliphatic rings. The molecule has 0 aliphatic carbocycles. The van der Waals surface area contributed by atoms with Gasteiger partial charge in [-0.2, -0.15) is 0 Å². The van der Waals surface area contributed by atoms with Crippen LogP contribution in [0.5, 0.6) is 5.75 Å². The topological polar surface area (TPSA) is 59.6 Å². The van der Waals surface area contributed by atoms with Gasteiger partial charge in [-0.05, 0) is 43.4 Å². The summed E-state index contributed by atoms with van der Waals surface area (Å²) >= 11 is 5.15. The number of hydrogen-bond donors (Lipinski definition) is 2. The van der Waals surface area contributed by atoms with Crippen molar-refractivity contribution in [3.8, 4) is 5.75 Å². The molecule has 0 radical (unpaired) electrons. The van der Waals surface area contributed by atoms with Crippen molar-refractivity contribution in [3.63, 3.8) is 0 Å². The fourth-order valence-corrected chi connectivity index (χ4v) is 2.35. The first kappa shape index (κ1) is 20.5. The molecule has 2 aromatic carbocycles. The Morgan fingerprint density at radius 3 is 2.59 bits per heavy atom. The quantitative estimate of drug-likeness (QED) is 0.561. The zero-order valence-electron chi connectivity index (χ0n) is 14.3. The number of halogens is 3. The van der Waals surface area contributed by atoms with Crippen LogP contribution in [0.15, 0.2) is 48.5 Å². The highest BCUT2D eigenvalue weighted by molar-refractivity contribution is 7.80. The van der Waals surface area contributed by atoms with E-state index in [1.807, 2.05) is 0 Å². The Morgan fingerprint density at radius 1 is 1.15 bits per heavy atom. The Hall–Kier alpha value is -2.81. The highest BCUT2D eigenvalue weighted by Crippen LogP contribution is 2.26. The largest absolute Gasteiger partial charge is 0.573 e. The van der Waals surface area contributed by atoms with Crippen LogP contribution in [-0.2, 0) is 11.3 Å². The summed E-state index contributed by atoms with van der Waals surface area (Å²) < 4.78 is 46.3. The first-order valence-corrected chi connectivity index (χ1v) is 8.35. The zero-order valence-corrected chi connectivity index (χ0v) is 15.1. The van der Waals surface area contributed by atoms with Crippen LogP contribution < -0.4 is 15.4 Å². The second-order valence-electron chi connectivity index (χ2n) is 5.26. The summed E-state index contributed by atoms with van der Waals surface area (Å²) in [4.78, 5) is 11.7. The molecule has 2 N–H and O–H groups in total. The van der Waals surface area contributed by atoms with Gasteiger partial charge in [-0.15, -0.1) is 13.2 Å². The molecule has 0 saturated carbocycles. The smallest absolute Gasteiger partial charge is 0.462 e. The van der Waals surface area contributed by atoms with Crippen molar-refractivity contribution in [1.29, 1.82) is 0 Å². The van der Waals surface area contributed by atoms with Crippen LogP contribution in [0.3, 0.4) is 0 Å². The lowest BCUT2D eigenvalue weighted by molar-refractivity contribution is -0.274. The molecule has 9 heteroatoms. The number of thiocarbonyl (C=S) groups is 1. The minimum atomic E-state index is -4.78. The van der Waals surface area contributed by atoms with Gasteiger partial charge >= 0.3 is 12.3 Å². The number of ether oxygens (including phenoxy) is 2. The molecule has 0 saturated heterocycles. The van der Waals surface area contributed by atoms with E-state index >= 15 is 0 Å². The Labute approximate surface area is 159 Å². The van der Waals surface area contributed by atoms with E-state index in [2.05, 4.69) is 15.4 Å². The van der Waals surface area contributed by atoms with Gasteiger partial charge in [-0.3, -0.25) is 0 Å². The van der Waals surface area contributed by atoms with E-state index in [0.717, 1.165) is 0 Å². The maximum absolute atomic E-state index is 12.4. The molecule has 0 bridgehead atoms. The van der Waals surface area contributed by atoms with Crippen molar-refractivity contribution in [3.05, 3.63) is 59.7 Å². The van der Waals surface area contributed by atoms with E-state index in [1.165, 1.54) is 18.2 Å². The van der Waals surface area contributed by atoms with E-state index in [1.54, 1.807) is 37.3 Å². The van der Waals surface area contributed by atoms with E-state index in [4.69, 9.17) is 17.0 Å². The molecule has 0 amide bonds. The molecule has 0 heterocycles. The summed E-state index contributed by atoms with van der Waals surface area (Å²) in [7, 11) is 0. The van der Waals surface area contributed by atoms with E-state index in [0.29, 0.717) is 16.8 Å². The number of hydrogen-bond acceptors (Lipinski definition) is 4. The van der Waals surface area contributed by atoms with E-state index < -0.39 is 12.3 Å². The maximum atomic E-state index is 12.4. The third-order valence-corrected chi connectivity index (χ3v) is 3.52. The summed E-state index contributed by atoms with van der Waals surface area (Å²) in [5.41, 5.74) is 1.19. The van der Waals surface area contributed by atoms with Gasteiger partial charge in [0.1, 0.15) is 5.75 Å². The summed E-state index contributed by atoms with van der Waals surface area (Å²) in [5, 5.41) is 5.85. The second kappa shape index (κ2) is 9.22. The highest BCUT2D eigenvalue weighted by atomic mass is 32.1. The number of rotatable bonds is 6. The van der Waals surface area contributed by atoms with Crippen molar-refractivity contribution in [1.82, 2.24) is 5.32 Å². The zero-order chi connectivity index (χ0) is 19.9. The third-order valence-electron chi connectivity index (χ3n) is 3.27. The van der Waals surface area contributed by atoms with Gasteiger partial charge in [-0.1, -0.05) is 24.3 Å². The Kier molecular flexibility index (Phi) is 7.00. The van der Waals surface area contributed by atoms with Gasteiger partial charge in [0.15, 0.2) is 5.11 Å². The minimum Gasteiger partial charge on any atom is -0.462 e. The summed E-state index contributed by atoms with van der Waals surface area (Å²) in [6, 6.07) is 12.3. The molecule has 0 unspecified atom stereocenters. The van der Waals surface area contributed by atoms with Crippen molar-refractivity contribution in [2.75, 3.05) is 11.9 Å². The summed E-state index contributed by atoms with van der Waals surface area (Å²) in [6.07, 6.45) is -4.78. The normalized spacial score (nSPS) is 10.8. The van der Waals surface area contributed by atoms with Gasteiger partial charge in [0, 0.05) is 17.8 Å². The van der Waals surface area contributed by atoms with Crippen LogP contribution in [0.1, 0.15) is 22.8 Å². The van der Waals surface area contributed by atoms with Crippen LogP contribution in [-0.4, -0.2) is 24.1 Å². The fourth-order valence-electron chi connectivity index (χ4n) is 2.16. The lowest BCUT2D eigenvalue weighted by Gasteiger charge is -2.15. The van der Waals surface area contributed by atoms with Crippen LogP contribution in [0.25, 0.3) is 0 Å². The molecule has 2 aromatic rings. The lowest BCUT2D eigenvalue weighted by Crippen LogP contribution is -2.28. The average Bonchev–Trinajstić information content (AvgIpc) is 2.60. The molecule has 27 heavy (non-hydrogen) atoms. The van der Waals surface area contributed by atoms with Gasteiger partial charge in [0.25, 0.3) is 0 Å². The van der Waals surface area contributed by atoms with Gasteiger partial charge in [0.05, 0.1) is 12.2 Å². The molecule has 0 atom stereocenters. The molecule has 144 valence electrons. The summed E-state index contributed by atoms with van der Waals surface area (Å²) in [6.45, 7) is 1.99. The molecule has 2 rings (SSSR count). The number of alkyl halides is 3. The number of esters is 1. The average molecular weight is 398 g/mol. The monoisotopic (exact) mass is 398 g/mol. The number of para-hydroxylation sites is 1. The molecule has 0 fully saturated rings. The maximum Gasteiger partial charge on any atom is 0.573 e. The van der Waals surface area contributed by atoms with Crippen molar-refractivity contribution in [2.45, 2.75) is 19.8 Å². The molecule has 0 aliphatic heterocycles. The standard InChI is InChI=1S/C18H17F3N2O3S/c1-2-25-16(24)12-7-5-8-14(10-12)23-17(27)22-11-13-6-3-4-9-15(13)26-18(19,20)21/h3-10H,2,11H2,1H3,(H2,22,23,27). The van der Waals surface area contributed by atoms with Crippen molar-refractivity contribution >= 4 is 29.0 Å². The number of nitrogens with one attached hydrogen (secondary N) is 2. The SMILES string of the molecule is CCOC(=O)c1cccc(NC(=S)NCc2ccccc2OC(F)(F)F)c1. The molecule has 5 nitrogen and oxygen atoms in total. The van der Waals surface area contributed by atoms with Crippen LogP contribution in [0.4, 0.5) is 18.9 Å². The number of anilines is 1. The van der Waals surface area contributed by atoms with Crippen LogP contribution >= 0.6 is 12.2 Å². The number of carbonyl (C=O) groups excluding carboxylic acids is 1. The minimum absolute atomic E-state index is 0.0235. The van der Waals surface area contributed by atoms with Crippen molar-refractivity contribution in [2.24, 2.45) is 0 Å². The van der Waals surface area contributed by atoms with Gasteiger partial charge in [-0.25, -0.2) is 4.79 Å². The number of carbonyl (C=O) groups is 1. The van der Waals surface area contributed by atoms with Crippen LogP contribution in [0.2, 0.25) is 0 Å². The predicted octanol–water partition coefficient (Wildman–Crippen LogP) is 4.25. The second-order valence-corrected chi connectivity index (χ2v) is 5.67. The van der Waals surface area contributed by atoms with Crippen LogP contribution in [0, 0.1) is 0 Å². The van der Waals surface area contributed by atoms with Crippen molar-refractivity contribution < 1.29 is 27.4 Å².